The first-order chi connectivity index (χ1) is 19.9. The van der Waals surface area contributed by atoms with Crippen LogP contribution in [0.3, 0.4) is 0 Å². The van der Waals surface area contributed by atoms with Gasteiger partial charge in [-0.1, -0.05) is 24.3 Å². The van der Waals surface area contributed by atoms with Crippen LogP contribution in [0.25, 0.3) is 0 Å². The van der Waals surface area contributed by atoms with Crippen molar-refractivity contribution in [3.63, 3.8) is 0 Å². The van der Waals surface area contributed by atoms with E-state index in [9.17, 15) is 14.0 Å². The van der Waals surface area contributed by atoms with E-state index in [4.69, 9.17) is 9.47 Å². The summed E-state index contributed by atoms with van der Waals surface area (Å²) in [5.74, 6) is 0.332. The van der Waals surface area contributed by atoms with Crippen LogP contribution in [0, 0.1) is 5.82 Å². The van der Waals surface area contributed by atoms with Crippen LogP contribution in [0.5, 0.6) is 11.5 Å². The Morgan fingerprint density at radius 2 is 1.51 bits per heavy atom. The minimum Gasteiger partial charge on any atom is -0.493 e. The first-order valence-electron chi connectivity index (χ1n) is 13.5. The van der Waals surface area contributed by atoms with Crippen molar-refractivity contribution in [2.45, 2.75) is 19.4 Å². The average molecular weight is 554 g/mol. The van der Waals surface area contributed by atoms with Crippen LogP contribution >= 0.6 is 0 Å². The summed E-state index contributed by atoms with van der Waals surface area (Å²) in [6.45, 7) is 2.76. The maximum absolute atomic E-state index is 13.2. The maximum Gasteiger partial charge on any atom is 0.257 e. The Kier molecular flexibility index (Phi) is 8.60. The number of nitrogens with zero attached hydrogens (tertiary/aromatic N) is 1. The highest BCUT2D eigenvalue weighted by molar-refractivity contribution is 6.12. The number of fused-ring (bicyclic) bond motifs is 1. The Bertz CT molecular complexity index is 1540. The third kappa shape index (κ3) is 6.73. The van der Waals surface area contributed by atoms with Crippen molar-refractivity contribution in [2.24, 2.45) is 0 Å². The van der Waals surface area contributed by atoms with Gasteiger partial charge in [0.05, 0.1) is 25.5 Å². The normalized spacial score (nSPS) is 12.8. The number of amides is 2. The van der Waals surface area contributed by atoms with E-state index >= 15 is 0 Å². The van der Waals surface area contributed by atoms with Crippen molar-refractivity contribution in [2.75, 3.05) is 37.9 Å². The minimum atomic E-state index is -0.425. The minimum absolute atomic E-state index is 0.297. The molecule has 2 amide bonds. The lowest BCUT2D eigenvalue weighted by molar-refractivity contribution is 0.102. The Labute approximate surface area is 238 Å². The number of hydrogen-bond acceptors (Lipinski definition) is 5. The number of hydrogen-bond donors (Lipinski definition) is 2. The topological polar surface area (TPSA) is 79.9 Å². The Morgan fingerprint density at radius 3 is 2.22 bits per heavy atom. The predicted molar refractivity (Wildman–Crippen MR) is 157 cm³/mol. The number of rotatable bonds is 9. The summed E-state index contributed by atoms with van der Waals surface area (Å²) in [6.07, 6.45) is 1.85. The van der Waals surface area contributed by atoms with Crippen LogP contribution < -0.4 is 20.1 Å². The van der Waals surface area contributed by atoms with Gasteiger partial charge in [-0.15, -0.1) is 0 Å². The van der Waals surface area contributed by atoms with Crippen molar-refractivity contribution in [1.82, 2.24) is 4.90 Å². The highest BCUT2D eigenvalue weighted by atomic mass is 19.1. The number of benzene rings is 4. The summed E-state index contributed by atoms with van der Waals surface area (Å²) in [4.78, 5) is 28.1. The molecule has 0 aromatic heterocycles. The fraction of sp³-hybridized carbons (Fsp3) is 0.212. The monoisotopic (exact) mass is 553 g/mol. The number of anilines is 2. The summed E-state index contributed by atoms with van der Waals surface area (Å²) < 4.78 is 24.1. The molecule has 210 valence electrons. The van der Waals surface area contributed by atoms with Gasteiger partial charge in [0.1, 0.15) is 5.82 Å². The largest absolute Gasteiger partial charge is 0.493 e. The average Bonchev–Trinajstić information content (AvgIpc) is 3.00. The number of halogens is 1. The van der Waals surface area contributed by atoms with Crippen LogP contribution in [-0.4, -0.2) is 44.0 Å². The molecule has 4 aromatic carbocycles. The number of carbonyl (C=O) groups is 2. The van der Waals surface area contributed by atoms with Gasteiger partial charge in [0.25, 0.3) is 11.8 Å². The van der Waals surface area contributed by atoms with Crippen molar-refractivity contribution in [3.05, 3.63) is 119 Å². The SMILES string of the molecule is COc1cc2c(cc1OC)CN(CCc1ccc(NC(=O)c3ccccc3NC(=O)c3ccc(F)cc3)cc1)CC2. The lowest BCUT2D eigenvalue weighted by Gasteiger charge is -2.29. The molecule has 0 spiro atoms. The van der Waals surface area contributed by atoms with Crippen molar-refractivity contribution in [3.8, 4) is 11.5 Å². The highest BCUT2D eigenvalue weighted by Gasteiger charge is 2.19. The van der Waals surface area contributed by atoms with Gasteiger partial charge in [-0.05, 0) is 90.2 Å². The molecule has 0 atom stereocenters. The molecule has 0 saturated heterocycles. The van der Waals surface area contributed by atoms with Gasteiger partial charge in [0, 0.05) is 30.9 Å². The molecule has 0 bridgehead atoms. The molecule has 5 rings (SSSR count). The summed E-state index contributed by atoms with van der Waals surface area (Å²) >= 11 is 0. The van der Waals surface area contributed by atoms with E-state index in [1.807, 2.05) is 24.3 Å². The maximum atomic E-state index is 13.2. The van der Waals surface area contributed by atoms with Gasteiger partial charge in [-0.3, -0.25) is 14.5 Å². The van der Waals surface area contributed by atoms with Crippen molar-refractivity contribution >= 4 is 23.2 Å². The molecule has 8 heteroatoms. The molecule has 1 heterocycles. The highest BCUT2D eigenvalue weighted by Crippen LogP contribution is 2.33. The fourth-order valence-corrected chi connectivity index (χ4v) is 4.96. The van der Waals surface area contributed by atoms with E-state index in [0.717, 1.165) is 44.0 Å². The number of nitrogens with one attached hydrogen (secondary N) is 2. The molecule has 41 heavy (non-hydrogen) atoms. The van der Waals surface area contributed by atoms with Gasteiger partial charge in [-0.2, -0.15) is 0 Å². The smallest absolute Gasteiger partial charge is 0.257 e. The molecule has 0 radical (unpaired) electrons. The second kappa shape index (κ2) is 12.7. The van der Waals surface area contributed by atoms with Gasteiger partial charge in [0.15, 0.2) is 11.5 Å². The zero-order valence-electron chi connectivity index (χ0n) is 23.1. The zero-order valence-corrected chi connectivity index (χ0v) is 23.1. The third-order valence-electron chi connectivity index (χ3n) is 7.25. The van der Waals surface area contributed by atoms with Crippen LogP contribution in [0.15, 0.2) is 84.9 Å². The quantitative estimate of drug-likeness (QED) is 0.268. The van der Waals surface area contributed by atoms with E-state index in [1.54, 1.807) is 38.5 Å². The van der Waals surface area contributed by atoms with Crippen LogP contribution in [0.2, 0.25) is 0 Å². The third-order valence-corrected chi connectivity index (χ3v) is 7.25. The van der Waals surface area contributed by atoms with Crippen LogP contribution in [-0.2, 0) is 19.4 Å². The zero-order chi connectivity index (χ0) is 28.8. The lowest BCUT2D eigenvalue weighted by atomic mass is 9.98. The number of methoxy groups -OCH3 is 2. The number of ether oxygens (including phenoxy) is 2. The second-order valence-corrected chi connectivity index (χ2v) is 9.91. The standard InChI is InChI=1S/C33H32FN3O4/c1-40-30-19-24-16-18-37(21-25(24)20-31(30)41-2)17-15-22-7-13-27(14-8-22)35-33(39)28-5-3-4-6-29(28)36-32(38)23-9-11-26(34)12-10-23/h3-14,19-20H,15-18,21H2,1-2H3,(H,35,39)(H,36,38). The van der Waals surface area contributed by atoms with E-state index in [-0.39, 0.29) is 5.91 Å². The summed E-state index contributed by atoms with van der Waals surface area (Å²) in [5, 5.41) is 5.66. The molecule has 4 aromatic rings. The molecule has 0 saturated carbocycles. The van der Waals surface area contributed by atoms with Crippen molar-refractivity contribution < 1.29 is 23.5 Å². The Hall–Kier alpha value is -4.69. The molecule has 7 nitrogen and oxygen atoms in total. The second-order valence-electron chi connectivity index (χ2n) is 9.91. The molecule has 0 unspecified atom stereocenters. The van der Waals surface area contributed by atoms with E-state index < -0.39 is 11.7 Å². The first-order valence-corrected chi connectivity index (χ1v) is 13.5. The van der Waals surface area contributed by atoms with Gasteiger partial charge >= 0.3 is 0 Å². The summed E-state index contributed by atoms with van der Waals surface area (Å²) in [5.41, 5.74) is 5.39. The first kappa shape index (κ1) is 27.9. The molecule has 1 aliphatic heterocycles. The number of para-hydroxylation sites is 1. The number of carbonyl (C=O) groups excluding carboxylic acids is 2. The van der Waals surface area contributed by atoms with Crippen molar-refractivity contribution in [1.29, 1.82) is 0 Å². The fourth-order valence-electron chi connectivity index (χ4n) is 4.96. The van der Waals surface area contributed by atoms with E-state index in [2.05, 4.69) is 27.7 Å². The molecule has 0 fully saturated rings. The Morgan fingerprint density at radius 1 is 0.829 bits per heavy atom. The molecule has 0 aliphatic carbocycles. The molecule has 2 N–H and O–H groups in total. The van der Waals surface area contributed by atoms with Gasteiger partial charge in [0.2, 0.25) is 0 Å². The molecular weight excluding hydrogens is 521 g/mol. The summed E-state index contributed by atoms with van der Waals surface area (Å²) in [7, 11) is 3.32. The van der Waals surface area contributed by atoms with E-state index in [0.29, 0.717) is 22.5 Å². The summed E-state index contributed by atoms with van der Waals surface area (Å²) in [6, 6.07) is 24.0. The van der Waals surface area contributed by atoms with Crippen LogP contribution in [0.1, 0.15) is 37.4 Å². The van der Waals surface area contributed by atoms with Gasteiger partial charge in [-0.25, -0.2) is 4.39 Å². The van der Waals surface area contributed by atoms with E-state index in [1.165, 1.54) is 41.0 Å². The Balaban J connectivity index is 1.17. The van der Waals surface area contributed by atoms with Crippen LogP contribution in [0.4, 0.5) is 15.8 Å². The lowest BCUT2D eigenvalue weighted by Crippen LogP contribution is -2.32. The predicted octanol–water partition coefficient (Wildman–Crippen LogP) is 5.95. The molecule has 1 aliphatic rings. The van der Waals surface area contributed by atoms with Gasteiger partial charge < -0.3 is 20.1 Å². The molecular formula is C33H32FN3O4.